The summed E-state index contributed by atoms with van der Waals surface area (Å²) in [4.78, 5) is 22.5. The molecule has 0 fully saturated rings. The number of halogens is 1. The van der Waals surface area contributed by atoms with Gasteiger partial charge in [-0.1, -0.05) is 11.6 Å². The molecule has 0 spiro atoms. The molecule has 1 aromatic heterocycles. The maximum absolute atomic E-state index is 11.8. The molecule has 0 saturated carbocycles. The average molecular weight is 291 g/mol. The van der Waals surface area contributed by atoms with Gasteiger partial charge in [-0.05, 0) is 18.2 Å². The van der Waals surface area contributed by atoms with Gasteiger partial charge in [0.1, 0.15) is 6.26 Å². The van der Waals surface area contributed by atoms with Gasteiger partial charge in [-0.3, -0.25) is 4.79 Å². The Labute approximate surface area is 118 Å². The Morgan fingerprint density at radius 2 is 2.10 bits per heavy atom. The SMILES string of the molecule is N#Cc1ccc(NC(=O)c2cc(C(=O)O)co2)c(Cl)c1. The van der Waals surface area contributed by atoms with E-state index in [1.54, 1.807) is 0 Å². The van der Waals surface area contributed by atoms with Crippen LogP contribution in [0.3, 0.4) is 0 Å². The lowest BCUT2D eigenvalue weighted by atomic mass is 10.2. The third-order valence-electron chi connectivity index (χ3n) is 2.42. The van der Waals surface area contributed by atoms with E-state index in [1.807, 2.05) is 6.07 Å². The summed E-state index contributed by atoms with van der Waals surface area (Å²) in [5, 5.41) is 20.1. The van der Waals surface area contributed by atoms with Crippen molar-refractivity contribution in [3.8, 4) is 6.07 Å². The first-order valence-corrected chi connectivity index (χ1v) is 5.72. The van der Waals surface area contributed by atoms with Crippen LogP contribution in [0.4, 0.5) is 5.69 Å². The molecule has 0 aliphatic heterocycles. The number of amides is 1. The Balaban J connectivity index is 2.19. The number of benzene rings is 1. The number of rotatable bonds is 3. The van der Waals surface area contributed by atoms with Crippen molar-refractivity contribution in [3.63, 3.8) is 0 Å². The van der Waals surface area contributed by atoms with Crippen molar-refractivity contribution in [2.45, 2.75) is 0 Å². The molecule has 0 unspecified atom stereocenters. The number of hydrogen-bond donors (Lipinski definition) is 2. The van der Waals surface area contributed by atoms with E-state index in [1.165, 1.54) is 18.2 Å². The predicted octanol–water partition coefficient (Wildman–Crippen LogP) is 2.76. The minimum Gasteiger partial charge on any atom is -0.478 e. The molecule has 0 atom stereocenters. The molecule has 100 valence electrons. The zero-order valence-corrected chi connectivity index (χ0v) is 10.6. The van der Waals surface area contributed by atoms with Gasteiger partial charge in [0, 0.05) is 6.07 Å². The van der Waals surface area contributed by atoms with Crippen LogP contribution in [-0.4, -0.2) is 17.0 Å². The van der Waals surface area contributed by atoms with Crippen LogP contribution < -0.4 is 5.32 Å². The zero-order valence-electron chi connectivity index (χ0n) is 9.88. The molecule has 1 heterocycles. The fraction of sp³-hybridized carbons (Fsp3) is 0. The van der Waals surface area contributed by atoms with E-state index in [2.05, 4.69) is 5.32 Å². The Morgan fingerprint density at radius 1 is 1.35 bits per heavy atom. The van der Waals surface area contributed by atoms with Crippen molar-refractivity contribution in [1.29, 1.82) is 5.26 Å². The number of carboxylic acids is 1. The molecule has 0 bridgehead atoms. The average Bonchev–Trinajstić information content (AvgIpc) is 2.91. The van der Waals surface area contributed by atoms with Gasteiger partial charge in [0.25, 0.3) is 5.91 Å². The molecule has 1 aromatic carbocycles. The summed E-state index contributed by atoms with van der Waals surface area (Å²) in [7, 11) is 0. The van der Waals surface area contributed by atoms with Gasteiger partial charge in [-0.15, -0.1) is 0 Å². The van der Waals surface area contributed by atoms with Crippen molar-refractivity contribution < 1.29 is 19.1 Å². The number of nitriles is 1. The van der Waals surface area contributed by atoms with Crippen LogP contribution in [0.5, 0.6) is 0 Å². The zero-order chi connectivity index (χ0) is 14.7. The first-order chi connectivity index (χ1) is 9.51. The highest BCUT2D eigenvalue weighted by Gasteiger charge is 2.15. The molecule has 0 aliphatic rings. The molecule has 6 nitrogen and oxygen atoms in total. The summed E-state index contributed by atoms with van der Waals surface area (Å²) in [6, 6.07) is 7.39. The van der Waals surface area contributed by atoms with Crippen LogP contribution in [0, 0.1) is 11.3 Å². The van der Waals surface area contributed by atoms with Crippen molar-refractivity contribution in [2.75, 3.05) is 5.32 Å². The number of anilines is 1. The summed E-state index contributed by atoms with van der Waals surface area (Å²) in [6.45, 7) is 0. The standard InChI is InChI=1S/C13H7ClN2O4/c14-9-3-7(5-15)1-2-10(9)16-12(17)11-4-8(6-20-11)13(18)19/h1-4,6H,(H,16,17)(H,18,19). The Kier molecular flexibility index (Phi) is 3.73. The number of carboxylic acid groups (broad SMARTS) is 1. The van der Waals surface area contributed by atoms with E-state index < -0.39 is 11.9 Å². The lowest BCUT2D eigenvalue weighted by Gasteiger charge is -2.05. The first-order valence-electron chi connectivity index (χ1n) is 5.34. The number of furan rings is 1. The summed E-state index contributed by atoms with van der Waals surface area (Å²) in [5.41, 5.74) is 0.532. The lowest BCUT2D eigenvalue weighted by Crippen LogP contribution is -2.11. The van der Waals surface area contributed by atoms with Gasteiger partial charge in [-0.2, -0.15) is 5.26 Å². The number of nitrogens with zero attached hydrogens (tertiary/aromatic N) is 1. The molecular formula is C13H7ClN2O4. The second kappa shape index (κ2) is 5.47. The van der Waals surface area contributed by atoms with Crippen LogP contribution in [0.1, 0.15) is 26.5 Å². The third-order valence-corrected chi connectivity index (χ3v) is 2.73. The molecule has 0 aliphatic carbocycles. The van der Waals surface area contributed by atoms with Crippen LogP contribution in [-0.2, 0) is 0 Å². The molecule has 0 radical (unpaired) electrons. The van der Waals surface area contributed by atoms with Crippen LogP contribution in [0.25, 0.3) is 0 Å². The van der Waals surface area contributed by atoms with Crippen molar-refractivity contribution in [3.05, 3.63) is 52.4 Å². The predicted molar refractivity (Wildman–Crippen MR) is 69.8 cm³/mol. The highest BCUT2D eigenvalue weighted by atomic mass is 35.5. The second-order valence-electron chi connectivity index (χ2n) is 3.77. The number of hydrogen-bond acceptors (Lipinski definition) is 4. The molecular weight excluding hydrogens is 284 g/mol. The first kappa shape index (κ1) is 13.6. The Bertz CT molecular complexity index is 730. The smallest absolute Gasteiger partial charge is 0.338 e. The maximum Gasteiger partial charge on any atom is 0.338 e. The van der Waals surface area contributed by atoms with E-state index in [4.69, 9.17) is 26.4 Å². The Hall–Kier alpha value is -2.78. The monoisotopic (exact) mass is 290 g/mol. The van der Waals surface area contributed by atoms with Gasteiger partial charge in [0.05, 0.1) is 27.9 Å². The second-order valence-corrected chi connectivity index (χ2v) is 4.17. The van der Waals surface area contributed by atoms with Gasteiger partial charge >= 0.3 is 5.97 Å². The van der Waals surface area contributed by atoms with Gasteiger partial charge < -0.3 is 14.8 Å². The number of nitrogens with one attached hydrogen (secondary N) is 1. The molecule has 0 saturated heterocycles. The molecule has 2 aromatic rings. The topological polar surface area (TPSA) is 103 Å². The van der Waals surface area contributed by atoms with Crippen molar-refractivity contribution in [2.24, 2.45) is 0 Å². The third kappa shape index (κ3) is 2.79. The van der Waals surface area contributed by atoms with E-state index in [-0.39, 0.29) is 16.3 Å². The van der Waals surface area contributed by atoms with Crippen LogP contribution in [0.2, 0.25) is 5.02 Å². The number of carbonyl (C=O) groups is 2. The maximum atomic E-state index is 11.8. The van der Waals surface area contributed by atoms with E-state index in [9.17, 15) is 9.59 Å². The molecule has 7 heteroatoms. The van der Waals surface area contributed by atoms with Crippen LogP contribution in [0.15, 0.2) is 34.9 Å². The highest BCUT2D eigenvalue weighted by Crippen LogP contribution is 2.23. The summed E-state index contributed by atoms with van der Waals surface area (Å²) < 4.78 is 4.86. The number of aromatic carboxylic acids is 1. The van der Waals surface area contributed by atoms with Crippen molar-refractivity contribution >= 4 is 29.2 Å². The van der Waals surface area contributed by atoms with Gasteiger partial charge in [-0.25, -0.2) is 4.79 Å². The fourth-order valence-electron chi connectivity index (χ4n) is 1.44. The molecule has 20 heavy (non-hydrogen) atoms. The molecule has 2 N–H and O–H groups in total. The van der Waals surface area contributed by atoms with Crippen molar-refractivity contribution in [1.82, 2.24) is 0 Å². The quantitative estimate of drug-likeness (QED) is 0.904. The minimum atomic E-state index is -1.19. The summed E-state index contributed by atoms with van der Waals surface area (Å²) in [6.07, 6.45) is 0.970. The fourth-order valence-corrected chi connectivity index (χ4v) is 1.67. The Morgan fingerprint density at radius 3 is 2.65 bits per heavy atom. The summed E-state index contributed by atoms with van der Waals surface area (Å²) in [5.74, 6) is -1.98. The van der Waals surface area contributed by atoms with Gasteiger partial charge in [0.15, 0.2) is 5.76 Å². The van der Waals surface area contributed by atoms with E-state index in [0.29, 0.717) is 11.3 Å². The molecule has 1 amide bonds. The minimum absolute atomic E-state index is 0.124. The largest absolute Gasteiger partial charge is 0.478 e. The van der Waals surface area contributed by atoms with E-state index >= 15 is 0 Å². The van der Waals surface area contributed by atoms with Crippen LogP contribution >= 0.6 is 11.6 Å². The lowest BCUT2D eigenvalue weighted by molar-refractivity contribution is 0.0696. The van der Waals surface area contributed by atoms with Gasteiger partial charge in [0.2, 0.25) is 0 Å². The normalized spacial score (nSPS) is 9.80. The summed E-state index contributed by atoms with van der Waals surface area (Å²) >= 11 is 5.90. The molecule has 2 rings (SSSR count). The highest BCUT2D eigenvalue weighted by molar-refractivity contribution is 6.34. The van der Waals surface area contributed by atoms with E-state index in [0.717, 1.165) is 12.3 Å². The number of carbonyl (C=O) groups excluding carboxylic acids is 1.